The fourth-order valence-electron chi connectivity index (χ4n) is 11.2. The third kappa shape index (κ3) is 67.0. The highest BCUT2D eigenvalue weighted by Gasteiger charge is 2.30. The first-order valence-electron chi connectivity index (χ1n) is 38.2. The van der Waals surface area contributed by atoms with E-state index in [1.807, 2.05) is 0 Å². The summed E-state index contributed by atoms with van der Waals surface area (Å²) in [6.45, 7) is 14.1. The molecule has 0 rings (SSSR count). The van der Waals surface area contributed by atoms with Crippen LogP contribution in [0.3, 0.4) is 0 Å². The first kappa shape index (κ1) is 91.1. The van der Waals surface area contributed by atoms with Crippen LogP contribution in [0.4, 0.5) is 0 Å². The summed E-state index contributed by atoms with van der Waals surface area (Å²) < 4.78 is 68.3. The Hall–Kier alpha value is -1.94. The van der Waals surface area contributed by atoms with Crippen LogP contribution in [0.2, 0.25) is 0 Å². The molecule has 0 saturated heterocycles. The number of phosphoric ester groups is 2. The molecular weight excluding hydrogens is 1220 g/mol. The maximum Gasteiger partial charge on any atom is 0.472 e. The molecule has 3 unspecified atom stereocenters. The minimum atomic E-state index is -4.95. The summed E-state index contributed by atoms with van der Waals surface area (Å²) in [6.07, 6.45) is 47.6. The molecular formula is C74H144O17P2. The Bertz CT molecular complexity index is 1840. The highest BCUT2D eigenvalue weighted by atomic mass is 31.2. The van der Waals surface area contributed by atoms with E-state index < -0.39 is 97.5 Å². The smallest absolute Gasteiger partial charge is 0.462 e. The van der Waals surface area contributed by atoms with Gasteiger partial charge >= 0.3 is 39.5 Å². The molecule has 0 aliphatic heterocycles. The van der Waals surface area contributed by atoms with E-state index in [0.29, 0.717) is 37.5 Å². The standard InChI is InChI=1S/C74H144O17P2/c1-9-67(8)53-45-37-27-23-20-21-25-29-41-49-57-74(79)91-70(61-85-72(77)55-47-39-33-31-36-44-52-66(6)7)63-89-93(82,83)87-59-68(75)58-86-92(80,81)88-62-69(60-84-71(76)54-46-38-32-30-35-43-51-65(4)5)90-73(78)56-48-40-28-24-19-17-15-13-11-10-12-14-16-18-22-26-34-42-50-64(2)3/h64-70,75H,9-63H2,1-8H3,(H,80,81)(H,82,83)/t67?,68-,69-,70-/m1/s1. The molecule has 0 amide bonds. The SMILES string of the molecule is CCC(C)CCCCCCCCCCCCC(=O)O[C@H](COC(=O)CCCCCCCCC(C)C)COP(=O)(O)OC[C@H](O)COP(=O)(O)OC[C@@H](COC(=O)CCCCCCCCC(C)C)OC(=O)CCCCCCCCCCCCCCCCCCCCC(C)C. The van der Waals surface area contributed by atoms with Gasteiger partial charge in [-0.25, -0.2) is 9.13 Å². The number of carbonyl (C=O) groups is 4. The molecule has 0 bridgehead atoms. The van der Waals surface area contributed by atoms with Crippen LogP contribution in [0.15, 0.2) is 0 Å². The van der Waals surface area contributed by atoms with Crippen molar-refractivity contribution in [2.24, 2.45) is 23.7 Å². The molecule has 0 radical (unpaired) electrons. The van der Waals surface area contributed by atoms with E-state index >= 15 is 0 Å². The van der Waals surface area contributed by atoms with Crippen molar-refractivity contribution in [1.82, 2.24) is 0 Å². The Labute approximate surface area is 568 Å². The van der Waals surface area contributed by atoms with Gasteiger partial charge in [0.25, 0.3) is 0 Å². The minimum absolute atomic E-state index is 0.105. The quantitative estimate of drug-likeness (QED) is 0.0222. The lowest BCUT2D eigenvalue weighted by molar-refractivity contribution is -0.161. The second kappa shape index (κ2) is 63.5. The average molecular weight is 1370 g/mol. The third-order valence-corrected chi connectivity index (χ3v) is 19.3. The number of aliphatic hydroxyl groups is 1. The van der Waals surface area contributed by atoms with Gasteiger partial charge in [0.1, 0.15) is 19.3 Å². The molecule has 3 N–H and O–H groups in total. The largest absolute Gasteiger partial charge is 0.472 e. The predicted octanol–water partition coefficient (Wildman–Crippen LogP) is 21.3. The fraction of sp³-hybridized carbons (Fsp3) is 0.946. The minimum Gasteiger partial charge on any atom is -0.462 e. The summed E-state index contributed by atoms with van der Waals surface area (Å²) >= 11 is 0. The number of esters is 4. The molecule has 0 spiro atoms. The number of ether oxygens (including phenoxy) is 4. The average Bonchev–Trinajstić information content (AvgIpc) is 2.60. The van der Waals surface area contributed by atoms with Crippen molar-refractivity contribution in [3.05, 3.63) is 0 Å². The number of phosphoric acid groups is 2. The molecule has 0 fully saturated rings. The monoisotopic (exact) mass is 1370 g/mol. The number of hydrogen-bond acceptors (Lipinski definition) is 15. The Morgan fingerprint density at radius 1 is 0.301 bits per heavy atom. The summed E-state index contributed by atoms with van der Waals surface area (Å²) in [5.74, 6) is 0.853. The van der Waals surface area contributed by atoms with Crippen LogP contribution in [0.5, 0.6) is 0 Å². The molecule has 0 aromatic heterocycles. The van der Waals surface area contributed by atoms with Gasteiger partial charge in [-0.05, 0) is 49.4 Å². The molecule has 19 heteroatoms. The lowest BCUT2D eigenvalue weighted by Gasteiger charge is -2.21. The molecule has 0 aliphatic rings. The molecule has 93 heavy (non-hydrogen) atoms. The summed E-state index contributed by atoms with van der Waals surface area (Å²) in [6, 6.07) is 0. The molecule has 0 aromatic rings. The number of rotatable bonds is 71. The lowest BCUT2D eigenvalue weighted by Crippen LogP contribution is -2.30. The Morgan fingerprint density at radius 3 is 0.763 bits per heavy atom. The number of aliphatic hydroxyl groups excluding tert-OH is 1. The third-order valence-electron chi connectivity index (χ3n) is 17.4. The van der Waals surface area contributed by atoms with Crippen LogP contribution < -0.4 is 0 Å². The maximum atomic E-state index is 13.0. The molecule has 0 saturated carbocycles. The second-order valence-electron chi connectivity index (χ2n) is 28.4. The van der Waals surface area contributed by atoms with Crippen molar-refractivity contribution in [1.29, 1.82) is 0 Å². The van der Waals surface area contributed by atoms with Crippen LogP contribution >= 0.6 is 15.6 Å². The van der Waals surface area contributed by atoms with Gasteiger partial charge in [0, 0.05) is 25.7 Å². The van der Waals surface area contributed by atoms with E-state index in [1.54, 1.807) is 0 Å². The first-order chi connectivity index (χ1) is 44.6. The van der Waals surface area contributed by atoms with Gasteiger partial charge in [0.2, 0.25) is 0 Å². The first-order valence-corrected chi connectivity index (χ1v) is 41.2. The van der Waals surface area contributed by atoms with Gasteiger partial charge < -0.3 is 33.8 Å². The van der Waals surface area contributed by atoms with Gasteiger partial charge in [-0.15, -0.1) is 0 Å². The van der Waals surface area contributed by atoms with Crippen LogP contribution in [0.25, 0.3) is 0 Å². The summed E-state index contributed by atoms with van der Waals surface area (Å²) in [4.78, 5) is 72.6. The summed E-state index contributed by atoms with van der Waals surface area (Å²) in [5.41, 5.74) is 0. The van der Waals surface area contributed by atoms with Gasteiger partial charge in [-0.3, -0.25) is 37.3 Å². The summed E-state index contributed by atoms with van der Waals surface area (Å²) in [5, 5.41) is 10.6. The van der Waals surface area contributed by atoms with Gasteiger partial charge in [-0.1, -0.05) is 319 Å². The molecule has 0 aromatic carbocycles. The topological polar surface area (TPSA) is 237 Å². The number of carbonyl (C=O) groups excluding carboxylic acids is 4. The van der Waals surface area contributed by atoms with Gasteiger partial charge in [0.15, 0.2) is 12.2 Å². The van der Waals surface area contributed by atoms with Crippen LogP contribution in [-0.2, 0) is 65.4 Å². The Morgan fingerprint density at radius 2 is 0.516 bits per heavy atom. The molecule has 552 valence electrons. The highest BCUT2D eigenvalue weighted by Crippen LogP contribution is 2.45. The zero-order chi connectivity index (χ0) is 68.9. The van der Waals surface area contributed by atoms with Gasteiger partial charge in [0.05, 0.1) is 26.4 Å². The van der Waals surface area contributed by atoms with Crippen LogP contribution in [0.1, 0.15) is 370 Å². The summed E-state index contributed by atoms with van der Waals surface area (Å²) in [7, 11) is -9.91. The van der Waals surface area contributed by atoms with Gasteiger partial charge in [-0.2, -0.15) is 0 Å². The molecule has 0 heterocycles. The Kier molecular flexibility index (Phi) is 62.2. The molecule has 0 aliphatic carbocycles. The number of hydrogen-bond donors (Lipinski definition) is 3. The van der Waals surface area contributed by atoms with Crippen molar-refractivity contribution >= 4 is 39.5 Å². The number of unbranched alkanes of at least 4 members (excludes halogenated alkanes) is 36. The fourth-order valence-corrected chi connectivity index (χ4v) is 12.7. The van der Waals surface area contributed by atoms with Crippen LogP contribution in [-0.4, -0.2) is 96.7 Å². The lowest BCUT2D eigenvalue weighted by atomic mass is 9.99. The van der Waals surface area contributed by atoms with Crippen molar-refractivity contribution in [3.8, 4) is 0 Å². The molecule has 17 nitrogen and oxygen atoms in total. The zero-order valence-electron chi connectivity index (χ0n) is 60.9. The maximum absolute atomic E-state index is 13.0. The second-order valence-corrected chi connectivity index (χ2v) is 31.3. The molecule has 6 atom stereocenters. The van der Waals surface area contributed by atoms with E-state index in [0.717, 1.165) is 115 Å². The van der Waals surface area contributed by atoms with E-state index in [1.165, 1.54) is 161 Å². The van der Waals surface area contributed by atoms with E-state index in [-0.39, 0.29) is 25.7 Å². The van der Waals surface area contributed by atoms with Crippen molar-refractivity contribution in [3.63, 3.8) is 0 Å². The van der Waals surface area contributed by atoms with Crippen molar-refractivity contribution in [2.45, 2.75) is 388 Å². The van der Waals surface area contributed by atoms with E-state index in [2.05, 4.69) is 55.4 Å². The van der Waals surface area contributed by atoms with Crippen molar-refractivity contribution < 1.29 is 80.2 Å². The Balaban J connectivity index is 5.15. The van der Waals surface area contributed by atoms with E-state index in [4.69, 9.17) is 37.0 Å². The zero-order valence-corrected chi connectivity index (χ0v) is 62.7. The van der Waals surface area contributed by atoms with E-state index in [9.17, 15) is 43.2 Å². The highest BCUT2D eigenvalue weighted by molar-refractivity contribution is 7.47. The predicted molar refractivity (Wildman–Crippen MR) is 377 cm³/mol. The normalized spacial score (nSPS) is 14.5. The van der Waals surface area contributed by atoms with Crippen molar-refractivity contribution in [2.75, 3.05) is 39.6 Å². The van der Waals surface area contributed by atoms with Crippen LogP contribution in [0, 0.1) is 23.7 Å².